The maximum absolute atomic E-state index is 6.05. The topological polar surface area (TPSA) is 63.0 Å². The van der Waals surface area contributed by atoms with Gasteiger partial charge in [0.25, 0.3) is 0 Å². The van der Waals surface area contributed by atoms with Crippen LogP contribution in [0.15, 0.2) is 18.7 Å². The minimum atomic E-state index is 0.199. The summed E-state index contributed by atoms with van der Waals surface area (Å²) in [5.41, 5.74) is 0. The summed E-state index contributed by atoms with van der Waals surface area (Å²) in [4.78, 5) is 21.3. The third-order valence-electron chi connectivity index (χ3n) is 3.84. The van der Waals surface area contributed by atoms with Crippen molar-refractivity contribution in [2.45, 2.75) is 13.0 Å². The van der Waals surface area contributed by atoms with Gasteiger partial charge in [-0.15, -0.1) is 0 Å². The molecule has 1 saturated heterocycles. The summed E-state index contributed by atoms with van der Waals surface area (Å²) >= 11 is 6.05. The molecule has 112 valence electrons. The molecule has 0 spiro atoms. The Kier molecular flexibility index (Phi) is 3.77. The van der Waals surface area contributed by atoms with Crippen LogP contribution in [0.3, 0.4) is 0 Å². The quantitative estimate of drug-likeness (QED) is 0.846. The monoisotopic (exact) mass is 307 g/mol. The molecule has 0 bridgehead atoms. The van der Waals surface area contributed by atoms with Gasteiger partial charge in [0.05, 0.1) is 0 Å². The highest BCUT2D eigenvalue weighted by Crippen LogP contribution is 2.24. The lowest BCUT2D eigenvalue weighted by Gasteiger charge is -2.22. The fraction of sp³-hybridized carbons (Fsp3) is 0.538. The van der Waals surface area contributed by atoms with E-state index < -0.39 is 0 Å². The Morgan fingerprint density at radius 3 is 2.57 bits per heavy atom. The van der Waals surface area contributed by atoms with Gasteiger partial charge in [0, 0.05) is 31.5 Å². The molecule has 7 nitrogen and oxygen atoms in total. The highest BCUT2D eigenvalue weighted by Gasteiger charge is 2.32. The molecule has 1 fully saturated rings. The Balaban J connectivity index is 1.90. The molecule has 2 aromatic heterocycles. The number of anilines is 1. The van der Waals surface area contributed by atoms with Crippen molar-refractivity contribution in [1.29, 1.82) is 0 Å². The van der Waals surface area contributed by atoms with Crippen LogP contribution in [0.2, 0.25) is 5.28 Å². The summed E-state index contributed by atoms with van der Waals surface area (Å²) in [7, 11) is 4.20. The van der Waals surface area contributed by atoms with Crippen molar-refractivity contribution in [3.8, 4) is 5.95 Å². The van der Waals surface area contributed by atoms with Crippen molar-refractivity contribution >= 4 is 17.5 Å². The van der Waals surface area contributed by atoms with E-state index in [1.165, 1.54) is 0 Å². The molecule has 3 rings (SSSR count). The first kappa shape index (κ1) is 14.2. The molecule has 2 aromatic rings. The van der Waals surface area contributed by atoms with Crippen LogP contribution in [-0.4, -0.2) is 62.6 Å². The van der Waals surface area contributed by atoms with Crippen LogP contribution in [0.5, 0.6) is 0 Å². The predicted molar refractivity (Wildman–Crippen MR) is 80.8 cm³/mol. The first-order valence-corrected chi connectivity index (χ1v) is 7.23. The number of nitrogens with zero attached hydrogens (tertiary/aromatic N) is 7. The number of hydrogen-bond donors (Lipinski definition) is 0. The van der Waals surface area contributed by atoms with Gasteiger partial charge in [-0.25, -0.2) is 4.98 Å². The molecule has 3 heterocycles. The number of likely N-dealkylation sites (N-methyl/N-ethyl adjacent to an activating group) is 1. The van der Waals surface area contributed by atoms with Gasteiger partial charge in [0.1, 0.15) is 6.33 Å². The van der Waals surface area contributed by atoms with Crippen molar-refractivity contribution in [3.63, 3.8) is 0 Å². The zero-order chi connectivity index (χ0) is 15.0. The standard InChI is InChI=1S/C13H18ClN7/c1-9-6-21(7-10(9)19(2)3)13-17-11(14)16-12(18-13)20-5-4-15-8-20/h4-5,8-10H,6-7H2,1-3H3. The van der Waals surface area contributed by atoms with Gasteiger partial charge in [-0.05, 0) is 31.6 Å². The fourth-order valence-electron chi connectivity index (χ4n) is 2.75. The molecule has 0 N–H and O–H groups in total. The molecule has 0 amide bonds. The average Bonchev–Trinajstić information content (AvgIpc) is 3.06. The van der Waals surface area contributed by atoms with Crippen LogP contribution in [0.1, 0.15) is 6.92 Å². The minimum absolute atomic E-state index is 0.199. The summed E-state index contributed by atoms with van der Waals surface area (Å²) in [5.74, 6) is 1.66. The molecule has 0 saturated carbocycles. The van der Waals surface area contributed by atoms with Crippen LogP contribution in [0, 0.1) is 5.92 Å². The van der Waals surface area contributed by atoms with Crippen molar-refractivity contribution in [2.75, 3.05) is 32.1 Å². The molecule has 21 heavy (non-hydrogen) atoms. The van der Waals surface area contributed by atoms with Crippen LogP contribution < -0.4 is 4.90 Å². The summed E-state index contributed by atoms with van der Waals surface area (Å²) in [6.45, 7) is 4.04. The van der Waals surface area contributed by atoms with Gasteiger partial charge in [0.2, 0.25) is 17.2 Å². The molecular formula is C13H18ClN7. The van der Waals surface area contributed by atoms with Crippen LogP contribution in [0.25, 0.3) is 5.95 Å². The molecule has 0 aliphatic carbocycles. The van der Waals surface area contributed by atoms with Gasteiger partial charge in [-0.1, -0.05) is 6.92 Å². The van der Waals surface area contributed by atoms with Crippen molar-refractivity contribution in [2.24, 2.45) is 5.92 Å². The fourth-order valence-corrected chi connectivity index (χ4v) is 2.90. The molecule has 2 unspecified atom stereocenters. The molecular weight excluding hydrogens is 290 g/mol. The summed E-state index contributed by atoms with van der Waals surface area (Å²) in [6.07, 6.45) is 5.10. The lowest BCUT2D eigenvalue weighted by atomic mass is 10.1. The molecule has 0 aromatic carbocycles. The largest absolute Gasteiger partial charge is 0.339 e. The van der Waals surface area contributed by atoms with Gasteiger partial charge in [0.15, 0.2) is 0 Å². The molecule has 0 radical (unpaired) electrons. The number of halogens is 1. The van der Waals surface area contributed by atoms with Crippen LogP contribution >= 0.6 is 11.6 Å². The number of aromatic nitrogens is 5. The second-order valence-corrected chi connectivity index (χ2v) is 5.93. The number of rotatable bonds is 3. The smallest absolute Gasteiger partial charge is 0.241 e. The summed E-state index contributed by atoms with van der Waals surface area (Å²) in [6, 6.07) is 0.484. The highest BCUT2D eigenvalue weighted by atomic mass is 35.5. The van der Waals surface area contributed by atoms with E-state index in [0.29, 0.717) is 23.9 Å². The Labute approximate surface area is 128 Å². The molecule has 8 heteroatoms. The van der Waals surface area contributed by atoms with E-state index in [-0.39, 0.29) is 5.28 Å². The third-order valence-corrected chi connectivity index (χ3v) is 4.01. The van der Waals surface area contributed by atoms with Crippen molar-refractivity contribution < 1.29 is 0 Å². The number of imidazole rings is 1. The zero-order valence-electron chi connectivity index (χ0n) is 12.3. The van der Waals surface area contributed by atoms with E-state index in [4.69, 9.17) is 11.6 Å². The van der Waals surface area contributed by atoms with Crippen LogP contribution in [0.4, 0.5) is 5.95 Å². The predicted octanol–water partition coefficient (Wildman–Crippen LogP) is 1.10. The first-order valence-electron chi connectivity index (χ1n) is 6.86. The Hall–Kier alpha value is -1.73. The Morgan fingerprint density at radius 1 is 1.19 bits per heavy atom. The van der Waals surface area contributed by atoms with E-state index in [9.17, 15) is 0 Å². The molecule has 1 aliphatic heterocycles. The van der Waals surface area contributed by atoms with Gasteiger partial charge in [-0.2, -0.15) is 15.0 Å². The SMILES string of the molecule is CC1CN(c2nc(Cl)nc(-n3ccnc3)n2)CC1N(C)C. The summed E-state index contributed by atoms with van der Waals surface area (Å²) < 4.78 is 1.72. The Bertz CT molecular complexity index is 613. The van der Waals surface area contributed by atoms with E-state index in [1.54, 1.807) is 23.3 Å². The Morgan fingerprint density at radius 2 is 1.95 bits per heavy atom. The third kappa shape index (κ3) is 2.84. The highest BCUT2D eigenvalue weighted by molar-refractivity contribution is 6.28. The lowest BCUT2D eigenvalue weighted by Crippen LogP contribution is -2.34. The van der Waals surface area contributed by atoms with Crippen LogP contribution in [-0.2, 0) is 0 Å². The average molecular weight is 308 g/mol. The minimum Gasteiger partial charge on any atom is -0.339 e. The summed E-state index contributed by atoms with van der Waals surface area (Å²) in [5, 5.41) is 0.199. The van der Waals surface area contributed by atoms with E-state index in [2.05, 4.69) is 50.8 Å². The van der Waals surface area contributed by atoms with Gasteiger partial charge >= 0.3 is 0 Å². The maximum Gasteiger partial charge on any atom is 0.241 e. The second-order valence-electron chi connectivity index (χ2n) is 5.59. The van der Waals surface area contributed by atoms with Crippen molar-refractivity contribution in [3.05, 3.63) is 24.0 Å². The van der Waals surface area contributed by atoms with E-state index >= 15 is 0 Å². The normalized spacial score (nSPS) is 22.2. The zero-order valence-corrected chi connectivity index (χ0v) is 13.1. The number of hydrogen-bond acceptors (Lipinski definition) is 6. The first-order chi connectivity index (χ1) is 10.0. The molecule has 2 atom stereocenters. The maximum atomic E-state index is 6.05. The van der Waals surface area contributed by atoms with Crippen molar-refractivity contribution in [1.82, 2.24) is 29.4 Å². The van der Waals surface area contributed by atoms with E-state index in [1.807, 2.05) is 0 Å². The van der Waals surface area contributed by atoms with Gasteiger partial charge in [-0.3, -0.25) is 4.57 Å². The van der Waals surface area contributed by atoms with Gasteiger partial charge < -0.3 is 9.80 Å². The second kappa shape index (κ2) is 5.57. The molecule has 1 aliphatic rings. The lowest BCUT2D eigenvalue weighted by molar-refractivity contribution is 0.266. The van der Waals surface area contributed by atoms with E-state index in [0.717, 1.165) is 13.1 Å².